The summed E-state index contributed by atoms with van der Waals surface area (Å²) < 4.78 is 1.80. The van der Waals surface area contributed by atoms with Crippen molar-refractivity contribution in [2.75, 3.05) is 6.54 Å². The second-order valence-corrected chi connectivity index (χ2v) is 6.59. The van der Waals surface area contributed by atoms with Crippen molar-refractivity contribution in [1.82, 2.24) is 15.1 Å². The van der Waals surface area contributed by atoms with Crippen LogP contribution in [-0.4, -0.2) is 27.5 Å². The van der Waals surface area contributed by atoms with Gasteiger partial charge in [-0.05, 0) is 24.6 Å². The number of aromatic nitrogens is 2. The zero-order valence-electron chi connectivity index (χ0n) is 12.5. The van der Waals surface area contributed by atoms with Crippen LogP contribution in [-0.2, 0) is 11.3 Å². The number of aryl methyl sites for hydroxylation is 2. The Morgan fingerprint density at radius 1 is 1.38 bits per heavy atom. The fourth-order valence-electron chi connectivity index (χ4n) is 1.92. The van der Waals surface area contributed by atoms with E-state index in [0.717, 1.165) is 5.56 Å². The van der Waals surface area contributed by atoms with Crippen molar-refractivity contribution in [3.05, 3.63) is 48.3 Å². The van der Waals surface area contributed by atoms with Gasteiger partial charge < -0.3 is 5.32 Å². The van der Waals surface area contributed by atoms with Gasteiger partial charge in [0.25, 0.3) is 0 Å². The fraction of sp³-hybridized carbons (Fsp3) is 0.375. The molecule has 0 fully saturated rings. The number of carbonyl (C=O) groups is 1. The molecule has 5 heteroatoms. The molecule has 0 aliphatic heterocycles. The number of rotatable bonds is 7. The van der Waals surface area contributed by atoms with Crippen molar-refractivity contribution in [3.8, 4) is 0 Å². The minimum Gasteiger partial charge on any atom is -0.355 e. The summed E-state index contributed by atoms with van der Waals surface area (Å²) in [5, 5.41) is 7.50. The second-order valence-electron chi connectivity index (χ2n) is 5.08. The first-order valence-corrected chi connectivity index (χ1v) is 7.99. The van der Waals surface area contributed by atoms with E-state index < -0.39 is 0 Å². The SMILES string of the molecule is Cc1cnn(CCC(=O)NC[C@H](C)Sc2ccccc2)c1. The highest BCUT2D eigenvalue weighted by Gasteiger charge is 2.07. The van der Waals surface area contributed by atoms with Crippen LogP contribution < -0.4 is 5.32 Å². The summed E-state index contributed by atoms with van der Waals surface area (Å²) >= 11 is 1.77. The Kier molecular flexibility index (Phi) is 5.87. The third kappa shape index (κ3) is 5.63. The summed E-state index contributed by atoms with van der Waals surface area (Å²) in [6, 6.07) is 10.2. The summed E-state index contributed by atoms with van der Waals surface area (Å²) in [5.74, 6) is 0.0728. The first-order valence-electron chi connectivity index (χ1n) is 7.11. The summed E-state index contributed by atoms with van der Waals surface area (Å²) in [6.45, 7) is 5.41. The van der Waals surface area contributed by atoms with E-state index in [1.54, 1.807) is 22.6 Å². The molecule has 0 aliphatic carbocycles. The van der Waals surface area contributed by atoms with Crippen LogP contribution in [0.5, 0.6) is 0 Å². The Labute approximate surface area is 129 Å². The Hall–Kier alpha value is -1.75. The minimum atomic E-state index is 0.0728. The molecule has 0 unspecified atom stereocenters. The summed E-state index contributed by atoms with van der Waals surface area (Å²) in [7, 11) is 0. The van der Waals surface area contributed by atoms with Gasteiger partial charge >= 0.3 is 0 Å². The van der Waals surface area contributed by atoms with E-state index in [4.69, 9.17) is 0 Å². The van der Waals surface area contributed by atoms with E-state index >= 15 is 0 Å². The number of carbonyl (C=O) groups excluding carboxylic acids is 1. The number of hydrogen-bond acceptors (Lipinski definition) is 3. The van der Waals surface area contributed by atoms with Gasteiger partial charge in [0.2, 0.25) is 5.91 Å². The molecular formula is C16H21N3OS. The zero-order valence-corrected chi connectivity index (χ0v) is 13.3. The standard InChI is InChI=1S/C16H21N3OS/c1-13-10-18-19(12-13)9-8-16(20)17-11-14(2)21-15-6-4-3-5-7-15/h3-7,10,12,14H,8-9,11H2,1-2H3,(H,17,20)/t14-/m0/s1. The van der Waals surface area contributed by atoms with Crippen LogP contribution in [0.4, 0.5) is 0 Å². The van der Waals surface area contributed by atoms with Crippen LogP contribution in [0.2, 0.25) is 0 Å². The van der Waals surface area contributed by atoms with Crippen molar-refractivity contribution >= 4 is 17.7 Å². The number of hydrogen-bond donors (Lipinski definition) is 1. The molecule has 2 aromatic rings. The third-order valence-corrected chi connectivity index (χ3v) is 4.11. The monoisotopic (exact) mass is 303 g/mol. The zero-order chi connectivity index (χ0) is 15.1. The van der Waals surface area contributed by atoms with Gasteiger partial charge in [0.15, 0.2) is 0 Å². The van der Waals surface area contributed by atoms with Crippen LogP contribution in [0.25, 0.3) is 0 Å². The highest BCUT2D eigenvalue weighted by atomic mass is 32.2. The van der Waals surface area contributed by atoms with Gasteiger partial charge in [-0.1, -0.05) is 25.1 Å². The van der Waals surface area contributed by atoms with Gasteiger partial charge in [-0.25, -0.2) is 0 Å². The average molecular weight is 303 g/mol. The maximum absolute atomic E-state index is 11.8. The van der Waals surface area contributed by atoms with Crippen LogP contribution in [0, 0.1) is 6.92 Å². The van der Waals surface area contributed by atoms with Crippen LogP contribution in [0.1, 0.15) is 18.9 Å². The van der Waals surface area contributed by atoms with Crippen molar-refractivity contribution in [1.29, 1.82) is 0 Å². The first-order chi connectivity index (χ1) is 10.1. The average Bonchev–Trinajstić information content (AvgIpc) is 2.90. The van der Waals surface area contributed by atoms with Crippen molar-refractivity contribution in [2.45, 2.75) is 37.0 Å². The van der Waals surface area contributed by atoms with Gasteiger partial charge in [0.05, 0.1) is 6.20 Å². The molecule has 1 heterocycles. The van der Waals surface area contributed by atoms with E-state index in [0.29, 0.717) is 24.8 Å². The highest BCUT2D eigenvalue weighted by Crippen LogP contribution is 2.21. The molecule has 0 spiro atoms. The van der Waals surface area contributed by atoms with E-state index in [2.05, 4.69) is 29.5 Å². The maximum Gasteiger partial charge on any atom is 0.221 e. The van der Waals surface area contributed by atoms with Gasteiger partial charge in [0, 0.05) is 35.9 Å². The number of benzene rings is 1. The lowest BCUT2D eigenvalue weighted by Gasteiger charge is -2.12. The van der Waals surface area contributed by atoms with Crippen molar-refractivity contribution < 1.29 is 4.79 Å². The van der Waals surface area contributed by atoms with E-state index in [1.165, 1.54) is 4.90 Å². The maximum atomic E-state index is 11.8. The van der Waals surface area contributed by atoms with E-state index in [1.807, 2.05) is 31.3 Å². The molecule has 2 rings (SSSR count). The summed E-state index contributed by atoms with van der Waals surface area (Å²) in [5.41, 5.74) is 1.11. The largest absolute Gasteiger partial charge is 0.355 e. The number of thioether (sulfide) groups is 1. The Balaban J connectivity index is 1.66. The molecule has 1 atom stereocenters. The Bertz CT molecular complexity index is 568. The van der Waals surface area contributed by atoms with Crippen LogP contribution in [0.3, 0.4) is 0 Å². The summed E-state index contributed by atoms with van der Waals surface area (Å²) in [4.78, 5) is 13.0. The van der Waals surface area contributed by atoms with Crippen molar-refractivity contribution in [2.24, 2.45) is 0 Å². The van der Waals surface area contributed by atoms with E-state index in [9.17, 15) is 4.79 Å². The molecule has 0 aliphatic rings. The molecular weight excluding hydrogens is 282 g/mol. The van der Waals surface area contributed by atoms with Gasteiger partial charge in [0.1, 0.15) is 0 Å². The molecule has 1 amide bonds. The fourth-order valence-corrected chi connectivity index (χ4v) is 2.87. The lowest BCUT2D eigenvalue weighted by molar-refractivity contribution is -0.121. The lowest BCUT2D eigenvalue weighted by Crippen LogP contribution is -2.30. The second kappa shape index (κ2) is 7.88. The highest BCUT2D eigenvalue weighted by molar-refractivity contribution is 8.00. The van der Waals surface area contributed by atoms with Gasteiger partial charge in [-0.15, -0.1) is 11.8 Å². The van der Waals surface area contributed by atoms with Crippen LogP contribution in [0.15, 0.2) is 47.6 Å². The molecule has 0 saturated heterocycles. The predicted octanol–water partition coefficient (Wildman–Crippen LogP) is 2.88. The normalized spacial score (nSPS) is 12.1. The lowest BCUT2D eigenvalue weighted by atomic mass is 10.3. The molecule has 0 bridgehead atoms. The predicted molar refractivity (Wildman–Crippen MR) is 86.4 cm³/mol. The Morgan fingerprint density at radius 3 is 2.81 bits per heavy atom. The third-order valence-electron chi connectivity index (χ3n) is 3.00. The molecule has 21 heavy (non-hydrogen) atoms. The van der Waals surface area contributed by atoms with Crippen LogP contribution >= 0.6 is 11.8 Å². The number of nitrogens with one attached hydrogen (secondary N) is 1. The molecule has 1 N–H and O–H groups in total. The molecule has 1 aromatic heterocycles. The summed E-state index contributed by atoms with van der Waals surface area (Å²) in [6.07, 6.45) is 4.21. The first kappa shape index (κ1) is 15.6. The van der Waals surface area contributed by atoms with Gasteiger partial charge in [-0.3, -0.25) is 9.48 Å². The van der Waals surface area contributed by atoms with Crippen molar-refractivity contribution in [3.63, 3.8) is 0 Å². The topological polar surface area (TPSA) is 46.9 Å². The molecule has 0 radical (unpaired) electrons. The quantitative estimate of drug-likeness (QED) is 0.800. The minimum absolute atomic E-state index is 0.0728. The number of nitrogens with zero attached hydrogens (tertiary/aromatic N) is 2. The molecule has 112 valence electrons. The molecule has 0 saturated carbocycles. The van der Waals surface area contributed by atoms with Gasteiger partial charge in [-0.2, -0.15) is 5.10 Å². The number of amides is 1. The molecule has 4 nitrogen and oxygen atoms in total. The molecule has 1 aromatic carbocycles. The smallest absolute Gasteiger partial charge is 0.221 e. The van der Waals surface area contributed by atoms with E-state index in [-0.39, 0.29) is 5.91 Å². The Morgan fingerprint density at radius 2 is 2.14 bits per heavy atom.